The van der Waals surface area contributed by atoms with Gasteiger partial charge < -0.3 is 5.32 Å². The van der Waals surface area contributed by atoms with Gasteiger partial charge in [-0.1, -0.05) is 5.21 Å². The van der Waals surface area contributed by atoms with Crippen LogP contribution in [0.2, 0.25) is 0 Å². The molecule has 2 amide bonds. The third-order valence-corrected chi connectivity index (χ3v) is 3.61. The Hall–Kier alpha value is -2.81. The van der Waals surface area contributed by atoms with Crippen LogP contribution in [-0.4, -0.2) is 31.0 Å². The van der Waals surface area contributed by atoms with Crippen LogP contribution in [0.1, 0.15) is 11.4 Å². The summed E-state index contributed by atoms with van der Waals surface area (Å²) in [5.74, 6) is 0. The van der Waals surface area contributed by atoms with E-state index in [0.717, 1.165) is 11.4 Å². The highest BCUT2D eigenvalue weighted by Gasteiger charge is 2.07. The maximum Gasteiger partial charge on any atom is 0.321 e. The van der Waals surface area contributed by atoms with Gasteiger partial charge in [-0.2, -0.15) is 0 Å². The number of pyridine rings is 1. The second-order valence-corrected chi connectivity index (χ2v) is 5.32. The van der Waals surface area contributed by atoms with Crippen molar-refractivity contribution in [3.8, 4) is 5.69 Å². The van der Waals surface area contributed by atoms with E-state index in [2.05, 4.69) is 30.9 Å². The molecule has 0 aliphatic rings. The number of nitrogens with zero attached hydrogens (tertiary/aromatic N) is 5. The third kappa shape index (κ3) is 3.44. The number of rotatable bonds is 4. The summed E-state index contributed by atoms with van der Waals surface area (Å²) in [6, 6.07) is 3.32. The van der Waals surface area contributed by atoms with Gasteiger partial charge in [-0.25, -0.2) is 14.5 Å². The zero-order valence-corrected chi connectivity index (χ0v) is 12.5. The number of urea groups is 1. The topological polar surface area (TPSA) is 97.6 Å². The van der Waals surface area contributed by atoms with Gasteiger partial charge in [-0.15, -0.1) is 16.4 Å². The highest BCUT2D eigenvalue weighted by Crippen LogP contribution is 2.13. The first-order valence-electron chi connectivity index (χ1n) is 6.49. The lowest BCUT2D eigenvalue weighted by molar-refractivity contribution is 0.251. The summed E-state index contributed by atoms with van der Waals surface area (Å²) in [4.78, 5) is 19.9. The van der Waals surface area contributed by atoms with Gasteiger partial charge in [0.2, 0.25) is 0 Å². The summed E-state index contributed by atoms with van der Waals surface area (Å²) in [6.45, 7) is 2.15. The van der Waals surface area contributed by atoms with Gasteiger partial charge in [-0.3, -0.25) is 10.3 Å². The summed E-state index contributed by atoms with van der Waals surface area (Å²) in [5, 5.41) is 15.8. The fourth-order valence-corrected chi connectivity index (χ4v) is 2.41. The number of amides is 2. The van der Waals surface area contributed by atoms with Crippen molar-refractivity contribution in [2.75, 3.05) is 5.32 Å². The molecule has 0 saturated carbocycles. The van der Waals surface area contributed by atoms with Crippen molar-refractivity contribution >= 4 is 22.5 Å². The van der Waals surface area contributed by atoms with Crippen LogP contribution in [0.25, 0.3) is 5.69 Å². The van der Waals surface area contributed by atoms with Crippen LogP contribution in [0.4, 0.5) is 9.93 Å². The molecule has 3 aromatic heterocycles. The standard InChI is InChI=1S/C13H13N7OS/c1-9-8-22-13(16-9)17-12(21)15-6-10-7-20(19-18-10)11-2-4-14-5-3-11/h2-5,7-8H,6H2,1H3,(H2,15,16,17,21). The van der Waals surface area contributed by atoms with Gasteiger partial charge in [-0.05, 0) is 19.1 Å². The normalized spacial score (nSPS) is 10.4. The Labute approximate surface area is 130 Å². The van der Waals surface area contributed by atoms with Crippen LogP contribution >= 0.6 is 11.3 Å². The van der Waals surface area contributed by atoms with E-state index in [0.29, 0.717) is 10.8 Å². The Morgan fingerprint density at radius 2 is 2.18 bits per heavy atom. The minimum absolute atomic E-state index is 0.279. The molecular formula is C13H13N7OS. The molecule has 0 atom stereocenters. The van der Waals surface area contributed by atoms with Crippen molar-refractivity contribution in [1.29, 1.82) is 0 Å². The molecule has 0 aromatic carbocycles. The molecule has 0 unspecified atom stereocenters. The van der Waals surface area contributed by atoms with Gasteiger partial charge >= 0.3 is 6.03 Å². The SMILES string of the molecule is Cc1csc(NC(=O)NCc2cn(-c3ccncc3)nn2)n1. The fraction of sp³-hybridized carbons (Fsp3) is 0.154. The first kappa shape index (κ1) is 14.1. The van der Waals surface area contributed by atoms with Crippen LogP contribution in [0.5, 0.6) is 0 Å². The van der Waals surface area contributed by atoms with Crippen molar-refractivity contribution in [3.05, 3.63) is 47.5 Å². The zero-order chi connectivity index (χ0) is 15.4. The minimum atomic E-state index is -0.326. The van der Waals surface area contributed by atoms with Crippen molar-refractivity contribution in [3.63, 3.8) is 0 Å². The molecular weight excluding hydrogens is 302 g/mol. The Balaban J connectivity index is 1.56. The second-order valence-electron chi connectivity index (χ2n) is 4.46. The van der Waals surface area contributed by atoms with Gasteiger partial charge in [0, 0.05) is 17.8 Å². The Morgan fingerprint density at radius 1 is 1.36 bits per heavy atom. The molecule has 0 saturated heterocycles. The van der Waals surface area contributed by atoms with Gasteiger partial charge in [0.25, 0.3) is 0 Å². The lowest BCUT2D eigenvalue weighted by Gasteiger charge is -2.02. The molecule has 112 valence electrons. The van der Waals surface area contributed by atoms with Gasteiger partial charge in [0.15, 0.2) is 5.13 Å². The predicted octanol–water partition coefficient (Wildman–Crippen LogP) is 1.75. The predicted molar refractivity (Wildman–Crippen MR) is 81.9 cm³/mol. The number of nitrogens with one attached hydrogen (secondary N) is 2. The molecule has 0 bridgehead atoms. The molecule has 3 aromatic rings. The smallest absolute Gasteiger partial charge is 0.321 e. The van der Waals surface area contributed by atoms with E-state index >= 15 is 0 Å². The number of anilines is 1. The molecule has 2 N–H and O–H groups in total. The molecule has 0 fully saturated rings. The zero-order valence-electron chi connectivity index (χ0n) is 11.7. The number of thiazole rings is 1. The van der Waals surface area contributed by atoms with Crippen LogP contribution in [-0.2, 0) is 6.54 Å². The highest BCUT2D eigenvalue weighted by atomic mass is 32.1. The summed E-state index contributed by atoms with van der Waals surface area (Å²) >= 11 is 1.38. The van der Waals surface area contributed by atoms with E-state index in [1.807, 2.05) is 24.4 Å². The van der Waals surface area contributed by atoms with Gasteiger partial charge in [0.1, 0.15) is 5.69 Å². The summed E-state index contributed by atoms with van der Waals surface area (Å²) in [6.07, 6.45) is 5.11. The number of carbonyl (C=O) groups excluding carboxylic acids is 1. The van der Waals surface area contributed by atoms with E-state index in [4.69, 9.17) is 0 Å². The Bertz CT molecular complexity index is 768. The largest absolute Gasteiger partial charge is 0.332 e. The molecule has 9 heteroatoms. The van der Waals surface area contributed by atoms with E-state index in [1.54, 1.807) is 23.3 Å². The maximum atomic E-state index is 11.8. The first-order valence-corrected chi connectivity index (χ1v) is 7.37. The second kappa shape index (κ2) is 6.31. The van der Waals surface area contributed by atoms with Crippen LogP contribution in [0.15, 0.2) is 36.1 Å². The van der Waals surface area contributed by atoms with E-state index in [-0.39, 0.29) is 12.6 Å². The highest BCUT2D eigenvalue weighted by molar-refractivity contribution is 7.13. The van der Waals surface area contributed by atoms with E-state index < -0.39 is 0 Å². The quantitative estimate of drug-likeness (QED) is 0.764. The molecule has 0 spiro atoms. The lowest BCUT2D eigenvalue weighted by Crippen LogP contribution is -2.28. The monoisotopic (exact) mass is 315 g/mol. The first-order chi connectivity index (χ1) is 10.7. The lowest BCUT2D eigenvalue weighted by atomic mass is 10.4. The molecule has 8 nitrogen and oxygen atoms in total. The molecule has 0 aliphatic carbocycles. The Morgan fingerprint density at radius 3 is 2.91 bits per heavy atom. The number of hydrogen-bond acceptors (Lipinski definition) is 6. The molecule has 22 heavy (non-hydrogen) atoms. The van der Waals surface area contributed by atoms with Crippen molar-refractivity contribution < 1.29 is 4.79 Å². The Kier molecular flexibility index (Phi) is 4.05. The fourth-order valence-electron chi connectivity index (χ4n) is 1.73. The average Bonchev–Trinajstić information content (AvgIpc) is 3.15. The van der Waals surface area contributed by atoms with Crippen molar-refractivity contribution in [2.45, 2.75) is 13.5 Å². The summed E-state index contributed by atoms with van der Waals surface area (Å²) < 4.78 is 1.63. The van der Waals surface area contributed by atoms with Crippen LogP contribution in [0.3, 0.4) is 0 Å². The van der Waals surface area contributed by atoms with E-state index in [9.17, 15) is 4.79 Å². The molecule has 3 heterocycles. The van der Waals surface area contributed by atoms with E-state index in [1.165, 1.54) is 11.3 Å². The van der Waals surface area contributed by atoms with Gasteiger partial charge in [0.05, 0.1) is 24.1 Å². The van der Waals surface area contributed by atoms with Crippen molar-refractivity contribution in [2.24, 2.45) is 0 Å². The van der Waals surface area contributed by atoms with Crippen molar-refractivity contribution in [1.82, 2.24) is 30.3 Å². The molecule has 0 radical (unpaired) electrons. The number of carbonyl (C=O) groups is 1. The van der Waals surface area contributed by atoms with Crippen LogP contribution in [0, 0.1) is 6.92 Å². The number of hydrogen-bond donors (Lipinski definition) is 2. The molecule has 3 rings (SSSR count). The summed E-state index contributed by atoms with van der Waals surface area (Å²) in [5.41, 5.74) is 2.39. The number of aromatic nitrogens is 5. The minimum Gasteiger partial charge on any atom is -0.332 e. The third-order valence-electron chi connectivity index (χ3n) is 2.74. The number of aryl methyl sites for hydroxylation is 1. The maximum absolute atomic E-state index is 11.8. The van der Waals surface area contributed by atoms with Crippen LogP contribution < -0.4 is 10.6 Å². The summed E-state index contributed by atoms with van der Waals surface area (Å²) in [7, 11) is 0. The molecule has 0 aliphatic heterocycles. The average molecular weight is 315 g/mol.